The van der Waals surface area contributed by atoms with Gasteiger partial charge in [-0.15, -0.1) is 0 Å². The molecule has 0 saturated heterocycles. The Morgan fingerprint density at radius 3 is 1.37 bits per heavy atom. The number of hydrogen-bond acceptors (Lipinski definition) is 21. The predicted octanol–water partition coefficient (Wildman–Crippen LogP) is 3.77. The number of methoxy groups -OCH3 is 4. The largest absolute Gasteiger partial charge is 0.507 e. The Hall–Kier alpha value is -8.93. The summed E-state index contributed by atoms with van der Waals surface area (Å²) >= 11 is 0. The fourth-order valence-corrected chi connectivity index (χ4v) is 7.89. The lowest BCUT2D eigenvalue weighted by molar-refractivity contribution is -0.133. The zero-order valence-electron chi connectivity index (χ0n) is 52.0. The summed E-state index contributed by atoms with van der Waals surface area (Å²) < 4.78 is 29.1. The molecule has 0 unspecified atom stereocenters. The van der Waals surface area contributed by atoms with Gasteiger partial charge in [0.1, 0.15) is 40.5 Å². The number of urea groups is 1. The first-order valence-electron chi connectivity index (χ1n) is 28.6. The summed E-state index contributed by atoms with van der Waals surface area (Å²) in [6, 6.07) is 9.96. The number of phenolic OH excluding ortho intramolecular Hbond substituents is 3. The SMILES string of the molecule is COC(=O)c1ccc(NC(=O)[C@@H](C)CCCCNC(C)=O)cc1O.COC(=O)c1ccc(NC(=O)[C@@H](N)CCCCNC(C)=O)cc1O.COCCOCCOCC(=O)N[C@H](C(=O)C[C@@H](CCCNC(N)=O)C(=O)Nc1ccc(C(=O)OC)c(O)c1)C(C)C. The number of nitrogens with one attached hydrogen (secondary N) is 7. The van der Waals surface area contributed by atoms with Crippen LogP contribution in [0, 0.1) is 17.8 Å². The molecule has 89 heavy (non-hydrogen) atoms. The van der Waals surface area contributed by atoms with Crippen molar-refractivity contribution in [1.82, 2.24) is 21.3 Å². The van der Waals surface area contributed by atoms with Crippen LogP contribution in [0.4, 0.5) is 21.9 Å². The van der Waals surface area contributed by atoms with Crippen molar-refractivity contribution >= 4 is 82.2 Å². The maximum Gasteiger partial charge on any atom is 0.341 e. The number of aromatic hydroxyl groups is 3. The first-order valence-corrected chi connectivity index (χ1v) is 28.6. The summed E-state index contributed by atoms with van der Waals surface area (Å²) in [4.78, 5) is 130. The highest BCUT2D eigenvalue weighted by molar-refractivity contribution is 6.00. The summed E-state index contributed by atoms with van der Waals surface area (Å²) in [5.41, 5.74) is 11.8. The molecule has 0 aliphatic carbocycles. The second-order valence-electron chi connectivity index (χ2n) is 20.4. The molecule has 3 aromatic rings. The van der Waals surface area contributed by atoms with E-state index in [2.05, 4.69) is 51.4 Å². The van der Waals surface area contributed by atoms with Gasteiger partial charge in [0.05, 0.1) is 59.8 Å². The summed E-state index contributed by atoms with van der Waals surface area (Å²) in [5.74, 6) is -6.35. The summed E-state index contributed by atoms with van der Waals surface area (Å²) in [6.45, 7) is 10.7. The number of ether oxygens (including phenoxy) is 6. The van der Waals surface area contributed by atoms with Gasteiger partial charge in [0.15, 0.2) is 5.78 Å². The van der Waals surface area contributed by atoms with Crippen molar-refractivity contribution in [2.45, 2.75) is 104 Å². The van der Waals surface area contributed by atoms with Crippen molar-refractivity contribution in [3.8, 4) is 17.2 Å². The van der Waals surface area contributed by atoms with Gasteiger partial charge < -0.3 is 92.4 Å². The van der Waals surface area contributed by atoms with Gasteiger partial charge >= 0.3 is 23.9 Å². The van der Waals surface area contributed by atoms with E-state index in [1.807, 2.05) is 6.92 Å². The molecule has 0 bridgehead atoms. The first-order chi connectivity index (χ1) is 42.2. The molecule has 0 radical (unpaired) electrons. The second kappa shape index (κ2) is 43.7. The van der Waals surface area contributed by atoms with Gasteiger partial charge in [-0.25, -0.2) is 19.2 Å². The number of nitrogens with two attached hydrogens (primary N) is 2. The third-order valence-electron chi connectivity index (χ3n) is 12.8. The molecule has 4 atom stereocenters. The number of esters is 3. The predicted molar refractivity (Wildman–Crippen MR) is 327 cm³/mol. The van der Waals surface area contributed by atoms with Crippen LogP contribution in [0.3, 0.4) is 0 Å². The molecule has 0 fully saturated rings. The number of carbonyl (C=O) groups excluding carboxylic acids is 11. The molecule has 0 aromatic heterocycles. The average Bonchev–Trinajstić information content (AvgIpc) is 2.28. The van der Waals surface area contributed by atoms with E-state index >= 15 is 0 Å². The number of phenols is 3. The van der Waals surface area contributed by atoms with Crippen molar-refractivity contribution in [3.63, 3.8) is 0 Å². The minimum atomic E-state index is -0.869. The number of amides is 8. The van der Waals surface area contributed by atoms with E-state index in [-0.39, 0.29) is 120 Å². The number of rotatable bonds is 36. The summed E-state index contributed by atoms with van der Waals surface area (Å²) in [6.07, 6.45) is 4.58. The van der Waals surface area contributed by atoms with Crippen LogP contribution in [0.2, 0.25) is 0 Å². The van der Waals surface area contributed by atoms with E-state index in [0.717, 1.165) is 19.3 Å². The van der Waals surface area contributed by atoms with E-state index in [4.69, 9.17) is 25.7 Å². The minimum absolute atomic E-state index is 0.0118. The topological polar surface area (TPSA) is 440 Å². The van der Waals surface area contributed by atoms with E-state index in [1.165, 1.54) is 89.8 Å². The molecule has 0 aliphatic heterocycles. The standard InChI is InChI=1S/C27H42N4O10.C17H24N2O5.C16H23N3O5/c1-17(2)24(31-23(34)16-41-13-12-40-11-10-38-3)22(33)14-18(6-5-9-29-27(28)37)25(35)30-19-7-8-20(21(32)15-19)26(36)39-4;1-11(6-4-5-9-18-12(2)20)16(22)19-13-7-8-14(15(21)10-13)17(23)24-3;1-10(20)18-8-4-3-5-13(17)15(22)19-11-6-7-12(14(21)9-11)16(23)24-2/h7-8,15,17-18,24,32H,5-6,9-14,16H2,1-4H3,(H,30,35)(H,31,34)(H3,28,29,37);7-8,10-11,21H,4-6,9H2,1-3H3,(H,18,20)(H,19,22);6-7,9,13,21H,3-5,8,17H2,1-2H3,(H,18,20)(H,19,22)/t18-,24+;11-;13-/m100/s1. The Balaban J connectivity index is 0.000000709. The van der Waals surface area contributed by atoms with Crippen LogP contribution in [0.15, 0.2) is 54.6 Å². The van der Waals surface area contributed by atoms with Crippen LogP contribution in [0.1, 0.15) is 123 Å². The minimum Gasteiger partial charge on any atom is -0.507 e. The van der Waals surface area contributed by atoms with E-state index in [0.29, 0.717) is 63.4 Å². The van der Waals surface area contributed by atoms with Crippen LogP contribution in [0.25, 0.3) is 0 Å². The summed E-state index contributed by atoms with van der Waals surface area (Å²) in [5, 5.41) is 48.1. The van der Waals surface area contributed by atoms with E-state index < -0.39 is 53.8 Å². The summed E-state index contributed by atoms with van der Waals surface area (Å²) in [7, 11) is 5.17. The van der Waals surface area contributed by atoms with Gasteiger partial charge in [-0.3, -0.25) is 33.6 Å². The van der Waals surface area contributed by atoms with Gasteiger partial charge in [-0.1, -0.05) is 27.2 Å². The van der Waals surface area contributed by atoms with Gasteiger partial charge in [0, 0.05) is 94.1 Å². The normalized spacial score (nSPS) is 11.9. The molecule has 3 aromatic carbocycles. The Morgan fingerprint density at radius 2 is 0.944 bits per heavy atom. The van der Waals surface area contributed by atoms with Gasteiger partial charge in [0.2, 0.25) is 35.4 Å². The lowest BCUT2D eigenvalue weighted by Gasteiger charge is -2.24. The molecule has 29 heteroatoms. The third-order valence-corrected chi connectivity index (χ3v) is 12.8. The average molecular weight is 1260 g/mol. The lowest BCUT2D eigenvalue weighted by Crippen LogP contribution is -2.47. The molecule has 0 heterocycles. The molecule has 8 amide bonds. The highest BCUT2D eigenvalue weighted by atomic mass is 16.5. The quantitative estimate of drug-likeness (QED) is 0.0224. The maximum atomic E-state index is 13.3. The molecule has 3 rings (SSSR count). The molecule has 0 spiro atoms. The number of carbonyl (C=O) groups is 11. The number of Topliss-reactive ketones (excluding diaryl/α,β-unsaturated/α-hetero) is 1. The molecule has 0 saturated carbocycles. The number of primary amides is 1. The van der Waals surface area contributed by atoms with Crippen molar-refractivity contribution in [3.05, 3.63) is 71.3 Å². The molecule has 29 nitrogen and oxygen atoms in total. The molecular formula is C60H89N9O20. The first kappa shape index (κ1) is 78.1. The Labute approximate surface area is 517 Å². The molecular weight excluding hydrogens is 1170 g/mol. The van der Waals surface area contributed by atoms with Crippen LogP contribution in [-0.2, 0) is 62.0 Å². The highest BCUT2D eigenvalue weighted by Gasteiger charge is 2.30. The fraction of sp³-hybridized carbons (Fsp3) is 0.517. The zero-order chi connectivity index (χ0) is 67.0. The molecule has 494 valence electrons. The number of unbranched alkanes of at least 4 members (excludes halogenated alkanes) is 2. The Kier molecular flexibility index (Phi) is 38.3. The Bertz CT molecular complexity index is 2690. The number of hydrogen-bond donors (Lipinski definition) is 12. The number of anilines is 3. The van der Waals surface area contributed by atoms with Gasteiger partial charge in [-0.2, -0.15) is 0 Å². The van der Waals surface area contributed by atoms with Gasteiger partial charge in [-0.05, 0) is 87.3 Å². The smallest absolute Gasteiger partial charge is 0.341 e. The van der Waals surface area contributed by atoms with Crippen LogP contribution in [0.5, 0.6) is 17.2 Å². The highest BCUT2D eigenvalue weighted by Crippen LogP contribution is 2.27. The molecule has 14 N–H and O–H groups in total. The third kappa shape index (κ3) is 32.6. The van der Waals surface area contributed by atoms with Crippen molar-refractivity contribution < 1.29 is 96.5 Å². The van der Waals surface area contributed by atoms with Crippen molar-refractivity contribution in [2.75, 3.05) is 97.1 Å². The van der Waals surface area contributed by atoms with Gasteiger partial charge in [0.25, 0.3) is 0 Å². The monoisotopic (exact) mass is 1260 g/mol. The second-order valence-corrected chi connectivity index (χ2v) is 20.4. The molecule has 0 aliphatic rings. The number of benzene rings is 3. The fourth-order valence-electron chi connectivity index (χ4n) is 7.89. The van der Waals surface area contributed by atoms with Crippen molar-refractivity contribution in [2.24, 2.45) is 29.2 Å². The van der Waals surface area contributed by atoms with Crippen LogP contribution < -0.4 is 48.7 Å². The van der Waals surface area contributed by atoms with Crippen LogP contribution in [-0.4, -0.2) is 174 Å². The number of ketones is 1. The van der Waals surface area contributed by atoms with Crippen LogP contribution >= 0.6 is 0 Å². The van der Waals surface area contributed by atoms with Crippen molar-refractivity contribution in [1.29, 1.82) is 0 Å². The zero-order valence-corrected chi connectivity index (χ0v) is 52.0. The maximum absolute atomic E-state index is 13.3. The lowest BCUT2D eigenvalue weighted by atomic mass is 9.89. The van der Waals surface area contributed by atoms with E-state index in [1.54, 1.807) is 21.0 Å². The Morgan fingerprint density at radius 1 is 0.517 bits per heavy atom. The van der Waals surface area contributed by atoms with E-state index in [9.17, 15) is 68.1 Å².